The van der Waals surface area contributed by atoms with Crippen molar-refractivity contribution in [2.45, 2.75) is 100 Å². The number of hydrogen-bond acceptors (Lipinski definition) is 12. The molecule has 63 heavy (non-hydrogen) atoms. The highest BCUT2D eigenvalue weighted by atomic mass is 19.3. The molecule has 338 valence electrons. The van der Waals surface area contributed by atoms with E-state index in [-0.39, 0.29) is 31.8 Å². The molecule has 2 unspecified atom stereocenters. The molecule has 3 fully saturated rings. The largest absolute Gasteiger partial charge is 0.496 e. The number of likely N-dealkylation sites (N-methyl/N-ethyl adjacent to an activating group) is 1. The van der Waals surface area contributed by atoms with Crippen LogP contribution in [0.5, 0.6) is 5.75 Å². The first-order valence-electron chi connectivity index (χ1n) is 21.8. The lowest BCUT2D eigenvalue weighted by molar-refractivity contribution is -0.228. The summed E-state index contributed by atoms with van der Waals surface area (Å²) in [5, 5.41) is 16.9. The summed E-state index contributed by atoms with van der Waals surface area (Å²) in [6, 6.07) is 7.83. The molecule has 1 aliphatic carbocycles. The summed E-state index contributed by atoms with van der Waals surface area (Å²) in [7, 11) is 5.84. The molecule has 1 aromatic heterocycles. The number of rotatable bonds is 8. The normalized spacial score (nSPS) is 34.2. The van der Waals surface area contributed by atoms with Gasteiger partial charge in [-0.05, 0) is 80.5 Å². The Kier molecular flexibility index (Phi) is 10.1. The van der Waals surface area contributed by atoms with Crippen molar-refractivity contribution < 1.29 is 52.0 Å². The van der Waals surface area contributed by atoms with Gasteiger partial charge in [-0.15, -0.1) is 0 Å². The number of piperidine rings is 1. The second kappa shape index (κ2) is 14.7. The molecule has 6 aliphatic rings. The van der Waals surface area contributed by atoms with Crippen LogP contribution in [0, 0.1) is 17.3 Å². The number of benzene rings is 2. The van der Waals surface area contributed by atoms with Crippen molar-refractivity contribution in [2.24, 2.45) is 17.3 Å². The molecule has 3 N–H and O–H groups in total. The van der Waals surface area contributed by atoms with E-state index in [2.05, 4.69) is 15.2 Å². The molecule has 10 atom stereocenters. The molecule has 1 amide bonds. The van der Waals surface area contributed by atoms with Crippen LogP contribution in [0.2, 0.25) is 0 Å². The molecule has 3 aromatic rings. The third kappa shape index (κ3) is 5.88. The lowest BCUT2D eigenvalue weighted by atomic mass is 9.47. The molecule has 1 saturated carbocycles. The van der Waals surface area contributed by atoms with Gasteiger partial charge in [0.05, 0.1) is 27.4 Å². The average molecular weight is 874 g/mol. The summed E-state index contributed by atoms with van der Waals surface area (Å²) in [5.74, 6) is -6.53. The van der Waals surface area contributed by atoms with Gasteiger partial charge in [-0.2, -0.15) is 0 Å². The maximum Gasteiger partial charge on any atom is 0.344 e. The highest BCUT2D eigenvalue weighted by Crippen LogP contribution is 2.68. The van der Waals surface area contributed by atoms with Crippen molar-refractivity contribution in [2.75, 3.05) is 64.8 Å². The molecule has 2 bridgehead atoms. The van der Waals surface area contributed by atoms with E-state index in [0.29, 0.717) is 77.3 Å². The predicted molar refractivity (Wildman–Crippen MR) is 229 cm³/mol. The number of anilines is 2. The Balaban J connectivity index is 1.36. The molecule has 14 nitrogen and oxygen atoms in total. The lowest BCUT2D eigenvalue weighted by Gasteiger charge is -2.63. The zero-order chi connectivity index (χ0) is 45.2. The van der Waals surface area contributed by atoms with E-state index in [9.17, 15) is 19.5 Å². The third-order valence-corrected chi connectivity index (χ3v) is 15.7. The van der Waals surface area contributed by atoms with E-state index < -0.39 is 75.7 Å². The van der Waals surface area contributed by atoms with E-state index >= 15 is 13.6 Å². The van der Waals surface area contributed by atoms with Crippen LogP contribution in [0.3, 0.4) is 0 Å². The number of hydrogen-bond donors (Lipinski definition) is 3. The summed E-state index contributed by atoms with van der Waals surface area (Å²) in [6.07, 6.45) is 3.79. The van der Waals surface area contributed by atoms with Crippen molar-refractivity contribution in [3.8, 4) is 5.75 Å². The zero-order valence-corrected chi connectivity index (χ0v) is 37.1. The second-order valence-corrected chi connectivity index (χ2v) is 18.9. The average Bonchev–Trinajstić information content (AvgIpc) is 3.89. The second-order valence-electron chi connectivity index (χ2n) is 18.9. The number of aromatic nitrogens is 1. The van der Waals surface area contributed by atoms with Crippen LogP contribution in [0.25, 0.3) is 10.9 Å². The molecule has 2 aromatic carbocycles. The van der Waals surface area contributed by atoms with Gasteiger partial charge in [0.25, 0.3) is 0 Å². The lowest BCUT2D eigenvalue weighted by Crippen LogP contribution is -2.81. The number of ether oxygens (including phenoxy) is 4. The highest BCUT2D eigenvalue weighted by Gasteiger charge is 2.80. The van der Waals surface area contributed by atoms with Crippen molar-refractivity contribution >= 4 is 46.1 Å². The standard InChI is InChI=1S/C47H57F2N5O9/c1-9-44-13-10-15-54-16-14-45(38(44)54)32-19-33(36(60-6)20-35(32)52(5)39(45)47(59,42(58)62-8)40(44)63-26(3)56)46(41(57)61-7)21-27-17-28(43(4,48)49)23-53(22-27)24-31-30-18-29(50-25(2)55)11-12-34(30)51-37(31)46/h10-13,18-20,27-28,38-40,51,59H,9,14-17,21-24H2,1-8H3,(H,50,55)/t27-,28?,38+,39-,40-,44-,45-,46+,47+/m1/s1. The number of carbonyl (C=O) groups is 4. The number of carbonyl (C=O) groups excluding carboxylic acids is 4. The SMILES string of the molecule is CC[C@]12C=CCN3CC[C@@]4(c5cc([C@@]6(C(=O)OC)C[C@H]7CC(C(C)(F)F)CN(Cc8c6[nH]c6ccc(NC(C)=O)cc86)C7)c(OC)cc5N(C)[C@H]4[C@@](O)(C(=O)OC)[C@@H]1OC(C)=O)[C@@H]32. The smallest absolute Gasteiger partial charge is 0.344 e. The minimum Gasteiger partial charge on any atom is -0.496 e. The number of aliphatic hydroxyl groups is 1. The molecule has 16 heteroatoms. The maximum absolute atomic E-state index is 15.5. The number of esters is 3. The minimum atomic E-state index is -2.99. The van der Waals surface area contributed by atoms with Crippen LogP contribution in [0.1, 0.15) is 75.8 Å². The molecular weight excluding hydrogens is 817 g/mol. The summed E-state index contributed by atoms with van der Waals surface area (Å²) < 4.78 is 54.6. The summed E-state index contributed by atoms with van der Waals surface area (Å²) in [4.78, 5) is 64.8. The van der Waals surface area contributed by atoms with Crippen LogP contribution in [-0.2, 0) is 50.8 Å². The van der Waals surface area contributed by atoms with Gasteiger partial charge in [0, 0.05) is 109 Å². The fraction of sp³-hybridized carbons (Fsp3) is 0.574. The fourth-order valence-electron chi connectivity index (χ4n) is 13.6. The molecule has 0 radical (unpaired) electrons. The van der Waals surface area contributed by atoms with Crippen LogP contribution < -0.4 is 15.0 Å². The van der Waals surface area contributed by atoms with Gasteiger partial charge in [0.15, 0.2) is 6.10 Å². The summed E-state index contributed by atoms with van der Waals surface area (Å²) in [6.45, 7) is 7.60. The fourth-order valence-corrected chi connectivity index (χ4v) is 13.6. The van der Waals surface area contributed by atoms with Gasteiger partial charge in [-0.25, -0.2) is 13.6 Å². The number of amides is 1. The summed E-state index contributed by atoms with van der Waals surface area (Å²) in [5.41, 5.74) is -1.83. The van der Waals surface area contributed by atoms with Crippen LogP contribution in [-0.4, -0.2) is 128 Å². The Morgan fingerprint density at radius 1 is 1.02 bits per heavy atom. The monoisotopic (exact) mass is 873 g/mol. The number of alkyl halides is 2. The molecule has 9 rings (SSSR count). The molecule has 6 heterocycles. The number of halogens is 2. The van der Waals surface area contributed by atoms with Gasteiger partial charge < -0.3 is 39.3 Å². The first-order valence-corrected chi connectivity index (χ1v) is 21.8. The topological polar surface area (TPSA) is 163 Å². The van der Waals surface area contributed by atoms with Gasteiger partial charge in [-0.1, -0.05) is 19.1 Å². The number of fused-ring (bicyclic) bond motifs is 6. The number of nitrogens with one attached hydrogen (secondary N) is 2. The number of nitrogens with zero attached hydrogens (tertiary/aromatic N) is 3. The van der Waals surface area contributed by atoms with E-state index in [1.54, 1.807) is 13.1 Å². The predicted octanol–water partition coefficient (Wildman–Crippen LogP) is 5.04. The first-order chi connectivity index (χ1) is 29.8. The number of methoxy groups -OCH3 is 3. The minimum absolute atomic E-state index is 0.0837. The Morgan fingerprint density at radius 3 is 2.41 bits per heavy atom. The third-order valence-electron chi connectivity index (χ3n) is 15.7. The number of H-pyrrole nitrogens is 1. The van der Waals surface area contributed by atoms with E-state index in [1.807, 2.05) is 53.1 Å². The Bertz CT molecular complexity index is 2450. The molecular formula is C47H57F2N5O9. The van der Waals surface area contributed by atoms with Gasteiger partial charge in [0.1, 0.15) is 11.2 Å². The van der Waals surface area contributed by atoms with Crippen LogP contribution in [0.4, 0.5) is 20.2 Å². The van der Waals surface area contributed by atoms with Gasteiger partial charge in [0.2, 0.25) is 17.4 Å². The van der Waals surface area contributed by atoms with E-state index in [0.717, 1.165) is 12.5 Å². The molecule has 1 spiro atoms. The Labute approximate surface area is 365 Å². The van der Waals surface area contributed by atoms with Crippen LogP contribution >= 0.6 is 0 Å². The molecule has 2 saturated heterocycles. The van der Waals surface area contributed by atoms with E-state index in [4.69, 9.17) is 18.9 Å². The highest BCUT2D eigenvalue weighted by molar-refractivity contribution is 5.97. The van der Waals surface area contributed by atoms with Crippen molar-refractivity contribution in [1.29, 1.82) is 0 Å². The Hall–Kier alpha value is -5.06. The summed E-state index contributed by atoms with van der Waals surface area (Å²) >= 11 is 0. The van der Waals surface area contributed by atoms with Gasteiger partial charge >= 0.3 is 17.9 Å². The van der Waals surface area contributed by atoms with Crippen molar-refractivity contribution in [3.63, 3.8) is 0 Å². The van der Waals surface area contributed by atoms with Crippen molar-refractivity contribution in [1.82, 2.24) is 14.8 Å². The van der Waals surface area contributed by atoms with E-state index in [1.165, 1.54) is 35.2 Å². The number of aromatic amines is 1. The van der Waals surface area contributed by atoms with Crippen molar-refractivity contribution in [3.05, 3.63) is 64.9 Å². The maximum atomic E-state index is 15.5. The molecule has 5 aliphatic heterocycles. The van der Waals surface area contributed by atoms with Crippen LogP contribution in [0.15, 0.2) is 42.5 Å². The first kappa shape index (κ1) is 43.2. The zero-order valence-electron chi connectivity index (χ0n) is 37.1. The van der Waals surface area contributed by atoms with Gasteiger partial charge in [-0.3, -0.25) is 24.2 Å². The quantitative estimate of drug-likeness (QED) is 0.157. The Morgan fingerprint density at radius 2 is 1.76 bits per heavy atom.